The summed E-state index contributed by atoms with van der Waals surface area (Å²) in [5.74, 6) is 0. The molecule has 0 aromatic carbocycles. The van der Waals surface area contributed by atoms with Gasteiger partial charge in [0.25, 0.3) is 0 Å². The summed E-state index contributed by atoms with van der Waals surface area (Å²) in [6.07, 6.45) is -2.47. The number of hydrogen-bond acceptors (Lipinski definition) is 4. The average molecular weight is 311 g/mol. The number of nitrogens with one attached hydrogen (secondary N) is 2. The minimum atomic E-state index is -1.05. The van der Waals surface area contributed by atoms with Gasteiger partial charge in [-0.05, 0) is 25.9 Å². The van der Waals surface area contributed by atoms with Gasteiger partial charge in [0.1, 0.15) is 12.3 Å². The summed E-state index contributed by atoms with van der Waals surface area (Å²) in [6.45, 7) is 2.09. The molecule has 4 unspecified atom stereocenters. The fourth-order valence-corrected chi connectivity index (χ4v) is 1.61. The van der Waals surface area contributed by atoms with Gasteiger partial charge in [0.2, 0.25) is 0 Å². The third-order valence-corrected chi connectivity index (χ3v) is 2.75. The number of rotatable bonds is 0. The Labute approximate surface area is 118 Å². The van der Waals surface area contributed by atoms with E-state index in [9.17, 15) is 8.78 Å². The van der Waals surface area contributed by atoms with E-state index in [1.165, 1.54) is 0 Å². The van der Waals surface area contributed by atoms with Crippen LogP contribution in [0.2, 0.25) is 0 Å². The van der Waals surface area contributed by atoms with Gasteiger partial charge in [0.15, 0.2) is 0 Å². The predicted molar refractivity (Wildman–Crippen MR) is 71.3 cm³/mol. The van der Waals surface area contributed by atoms with Crippen molar-refractivity contribution in [3.8, 4) is 0 Å². The van der Waals surface area contributed by atoms with Crippen LogP contribution in [0, 0.1) is 0 Å². The molecule has 18 heavy (non-hydrogen) atoms. The molecule has 2 heterocycles. The van der Waals surface area contributed by atoms with Crippen molar-refractivity contribution in [2.75, 3.05) is 26.2 Å². The molecule has 2 rings (SSSR count). The summed E-state index contributed by atoms with van der Waals surface area (Å²) in [4.78, 5) is 0. The highest BCUT2D eigenvalue weighted by Gasteiger charge is 2.21. The van der Waals surface area contributed by atoms with Gasteiger partial charge in [-0.2, -0.15) is 0 Å². The molecule has 0 aromatic rings. The third kappa shape index (κ3) is 7.66. The van der Waals surface area contributed by atoms with Crippen molar-refractivity contribution < 1.29 is 19.0 Å². The van der Waals surface area contributed by atoms with Crippen LogP contribution in [-0.2, 0) is 0 Å². The van der Waals surface area contributed by atoms with Crippen LogP contribution in [0.25, 0.3) is 0 Å². The van der Waals surface area contributed by atoms with E-state index in [0.29, 0.717) is 25.9 Å². The van der Waals surface area contributed by atoms with Gasteiger partial charge in [-0.15, -0.1) is 24.8 Å². The summed E-state index contributed by atoms with van der Waals surface area (Å²) in [5, 5.41) is 23.2. The molecule has 0 amide bonds. The van der Waals surface area contributed by atoms with Gasteiger partial charge in [0, 0.05) is 13.1 Å². The first kappa shape index (κ1) is 20.6. The molecule has 0 radical (unpaired) electrons. The predicted octanol–water partition coefficient (Wildman–Crippen LogP) is 0.201. The monoisotopic (exact) mass is 310 g/mol. The molecule has 0 aliphatic carbocycles. The van der Waals surface area contributed by atoms with Crippen molar-refractivity contribution in [3.63, 3.8) is 0 Å². The van der Waals surface area contributed by atoms with E-state index in [0.717, 1.165) is 13.1 Å². The number of halogens is 4. The van der Waals surface area contributed by atoms with Crippen molar-refractivity contribution in [2.24, 2.45) is 0 Å². The highest BCUT2D eigenvalue weighted by molar-refractivity contribution is 5.85. The van der Waals surface area contributed by atoms with E-state index < -0.39 is 24.6 Å². The fourth-order valence-electron chi connectivity index (χ4n) is 1.61. The van der Waals surface area contributed by atoms with Crippen LogP contribution < -0.4 is 10.6 Å². The van der Waals surface area contributed by atoms with Gasteiger partial charge >= 0.3 is 0 Å². The molecule has 4 N–H and O–H groups in total. The van der Waals surface area contributed by atoms with E-state index in [2.05, 4.69) is 10.6 Å². The Kier molecular flexibility index (Phi) is 12.7. The molecule has 2 fully saturated rings. The lowest BCUT2D eigenvalue weighted by atomic mass is 10.1. The summed E-state index contributed by atoms with van der Waals surface area (Å²) < 4.78 is 24.5. The maximum absolute atomic E-state index is 12.3. The van der Waals surface area contributed by atoms with E-state index in [-0.39, 0.29) is 24.8 Å². The Hall–Kier alpha value is 0.280. The van der Waals surface area contributed by atoms with Gasteiger partial charge < -0.3 is 20.8 Å². The minimum absolute atomic E-state index is 0. The lowest BCUT2D eigenvalue weighted by molar-refractivity contribution is 0.0531. The van der Waals surface area contributed by atoms with E-state index >= 15 is 0 Å². The zero-order chi connectivity index (χ0) is 12.0. The number of hydrogen-bond donors (Lipinski definition) is 4. The number of aliphatic hydroxyl groups is 2. The number of alkyl halides is 2. The molecular weight excluding hydrogens is 289 g/mol. The molecule has 0 aromatic heterocycles. The first-order chi connectivity index (χ1) is 7.61. The maximum atomic E-state index is 12.3. The zero-order valence-electron chi connectivity index (χ0n) is 10.0. The molecule has 0 saturated carbocycles. The highest BCUT2D eigenvalue weighted by atomic mass is 35.5. The minimum Gasteiger partial charge on any atom is -0.390 e. The Balaban J connectivity index is 0. The highest BCUT2D eigenvalue weighted by Crippen LogP contribution is 2.06. The first-order valence-corrected chi connectivity index (χ1v) is 5.67. The Bertz CT molecular complexity index is 167. The molecule has 112 valence electrons. The molecule has 0 spiro atoms. The molecule has 8 heteroatoms. The SMILES string of the molecule is Cl.Cl.OC1CCNCC1F.OC1CCNCC1F. The smallest absolute Gasteiger partial charge is 0.138 e. The van der Waals surface area contributed by atoms with Crippen molar-refractivity contribution in [3.05, 3.63) is 0 Å². The maximum Gasteiger partial charge on any atom is 0.138 e. The molecule has 2 saturated heterocycles. The first-order valence-electron chi connectivity index (χ1n) is 5.67. The molecule has 4 atom stereocenters. The molecule has 0 bridgehead atoms. The second-order valence-corrected chi connectivity index (χ2v) is 4.15. The zero-order valence-corrected chi connectivity index (χ0v) is 11.7. The van der Waals surface area contributed by atoms with Crippen molar-refractivity contribution >= 4 is 24.8 Å². The second kappa shape index (κ2) is 11.1. The van der Waals surface area contributed by atoms with Crippen LogP contribution in [0.1, 0.15) is 12.8 Å². The fraction of sp³-hybridized carbons (Fsp3) is 1.00. The largest absolute Gasteiger partial charge is 0.390 e. The summed E-state index contributed by atoms with van der Waals surface area (Å²) in [7, 11) is 0. The topological polar surface area (TPSA) is 64.5 Å². The van der Waals surface area contributed by atoms with Crippen LogP contribution in [0.5, 0.6) is 0 Å². The van der Waals surface area contributed by atoms with Crippen molar-refractivity contribution in [1.82, 2.24) is 10.6 Å². The van der Waals surface area contributed by atoms with Gasteiger partial charge in [0.05, 0.1) is 12.2 Å². The summed E-state index contributed by atoms with van der Waals surface area (Å²) in [6, 6.07) is 0. The number of aliphatic hydroxyl groups excluding tert-OH is 2. The Morgan fingerprint density at radius 2 is 1.11 bits per heavy atom. The summed E-state index contributed by atoms with van der Waals surface area (Å²) in [5.41, 5.74) is 0. The standard InChI is InChI=1S/2C5H10FNO.2ClH/c2*6-4-3-7-2-1-5(4)8;;/h2*4-5,7-8H,1-3H2;2*1H. The molecular formula is C10H22Cl2F2N2O2. The molecule has 2 aliphatic heterocycles. The van der Waals surface area contributed by atoms with Gasteiger partial charge in [-0.3, -0.25) is 0 Å². The Morgan fingerprint density at radius 3 is 1.28 bits per heavy atom. The third-order valence-electron chi connectivity index (χ3n) is 2.75. The van der Waals surface area contributed by atoms with E-state index in [1.54, 1.807) is 0 Å². The van der Waals surface area contributed by atoms with Crippen LogP contribution in [0.15, 0.2) is 0 Å². The van der Waals surface area contributed by atoms with E-state index in [1.807, 2.05) is 0 Å². The van der Waals surface area contributed by atoms with Gasteiger partial charge in [-0.25, -0.2) is 8.78 Å². The van der Waals surface area contributed by atoms with Crippen LogP contribution >= 0.6 is 24.8 Å². The second-order valence-electron chi connectivity index (χ2n) is 4.15. The van der Waals surface area contributed by atoms with Crippen LogP contribution in [-0.4, -0.2) is 60.9 Å². The lowest BCUT2D eigenvalue weighted by Crippen LogP contribution is -2.41. The summed E-state index contributed by atoms with van der Waals surface area (Å²) >= 11 is 0. The number of piperidine rings is 2. The van der Waals surface area contributed by atoms with Crippen LogP contribution in [0.4, 0.5) is 8.78 Å². The van der Waals surface area contributed by atoms with E-state index in [4.69, 9.17) is 10.2 Å². The molecule has 4 nitrogen and oxygen atoms in total. The lowest BCUT2D eigenvalue weighted by Gasteiger charge is -2.21. The normalized spacial score (nSPS) is 35.3. The average Bonchev–Trinajstić information content (AvgIpc) is 2.28. The quantitative estimate of drug-likeness (QED) is 0.516. The van der Waals surface area contributed by atoms with Crippen LogP contribution in [0.3, 0.4) is 0 Å². The van der Waals surface area contributed by atoms with Crippen molar-refractivity contribution in [1.29, 1.82) is 0 Å². The van der Waals surface area contributed by atoms with Gasteiger partial charge in [-0.1, -0.05) is 0 Å². The Morgan fingerprint density at radius 1 is 0.778 bits per heavy atom. The van der Waals surface area contributed by atoms with Crippen molar-refractivity contribution in [2.45, 2.75) is 37.4 Å². The molecule has 2 aliphatic rings.